The van der Waals surface area contributed by atoms with Crippen LogP contribution in [0.4, 0.5) is 13.2 Å². The fourth-order valence-electron chi connectivity index (χ4n) is 2.06. The standard InChI is InChI=1S/C11H16F3N3S/c1-17-6-8(10(16-17)11(12,13)14)5-15-9-3-2-4-18-7-9/h6,9,15H,2-5,7H2,1H3. The molecule has 1 N–H and O–H groups in total. The van der Waals surface area contributed by atoms with Crippen molar-refractivity contribution in [3.8, 4) is 0 Å². The van der Waals surface area contributed by atoms with E-state index in [4.69, 9.17) is 0 Å². The number of thioether (sulfide) groups is 1. The number of aryl methyl sites for hydroxylation is 1. The first-order valence-corrected chi connectivity index (χ1v) is 7.03. The predicted octanol–water partition coefficient (Wildman–Crippen LogP) is 2.42. The van der Waals surface area contributed by atoms with E-state index in [9.17, 15) is 13.2 Å². The Morgan fingerprint density at radius 3 is 2.94 bits per heavy atom. The van der Waals surface area contributed by atoms with E-state index in [1.165, 1.54) is 17.9 Å². The number of nitrogens with one attached hydrogen (secondary N) is 1. The lowest BCUT2D eigenvalue weighted by molar-refractivity contribution is -0.142. The summed E-state index contributed by atoms with van der Waals surface area (Å²) in [7, 11) is 1.51. The van der Waals surface area contributed by atoms with Crippen LogP contribution in [0.1, 0.15) is 24.1 Å². The monoisotopic (exact) mass is 279 g/mol. The molecule has 1 saturated heterocycles. The van der Waals surface area contributed by atoms with Gasteiger partial charge in [-0.1, -0.05) is 0 Å². The summed E-state index contributed by atoms with van der Waals surface area (Å²) < 4.78 is 39.4. The molecular formula is C11H16F3N3S. The molecular weight excluding hydrogens is 263 g/mol. The highest BCUT2D eigenvalue weighted by Gasteiger charge is 2.36. The summed E-state index contributed by atoms with van der Waals surface area (Å²) in [5.41, 5.74) is -0.554. The molecule has 1 atom stereocenters. The summed E-state index contributed by atoms with van der Waals surface area (Å²) in [5.74, 6) is 2.13. The van der Waals surface area contributed by atoms with Crippen molar-refractivity contribution in [3.63, 3.8) is 0 Å². The van der Waals surface area contributed by atoms with Gasteiger partial charge in [0.15, 0.2) is 5.69 Å². The lowest BCUT2D eigenvalue weighted by Gasteiger charge is -2.22. The summed E-state index contributed by atoms with van der Waals surface area (Å²) in [4.78, 5) is 0. The Balaban J connectivity index is 2.00. The highest BCUT2D eigenvalue weighted by molar-refractivity contribution is 7.99. The molecule has 1 unspecified atom stereocenters. The third-order valence-corrected chi connectivity index (χ3v) is 4.13. The average Bonchev–Trinajstić information content (AvgIpc) is 2.69. The number of rotatable bonds is 3. The van der Waals surface area contributed by atoms with E-state index in [0.29, 0.717) is 6.04 Å². The summed E-state index contributed by atoms with van der Waals surface area (Å²) in [6, 6.07) is 0.310. The number of hydrogen-bond donors (Lipinski definition) is 1. The van der Waals surface area contributed by atoms with Crippen LogP contribution in [0.2, 0.25) is 0 Å². The van der Waals surface area contributed by atoms with Crippen LogP contribution in [0.25, 0.3) is 0 Å². The minimum absolute atomic E-state index is 0.223. The lowest BCUT2D eigenvalue weighted by atomic mass is 10.1. The number of aromatic nitrogens is 2. The molecule has 1 aromatic heterocycles. The molecule has 2 heterocycles. The summed E-state index contributed by atoms with van der Waals surface area (Å²) >= 11 is 1.85. The van der Waals surface area contributed by atoms with Crippen molar-refractivity contribution in [2.45, 2.75) is 31.6 Å². The van der Waals surface area contributed by atoms with E-state index in [0.717, 1.165) is 24.3 Å². The van der Waals surface area contributed by atoms with Crippen molar-refractivity contribution in [1.82, 2.24) is 15.1 Å². The molecule has 0 saturated carbocycles. The van der Waals surface area contributed by atoms with Gasteiger partial charge in [-0.3, -0.25) is 4.68 Å². The van der Waals surface area contributed by atoms with Crippen LogP contribution in [-0.4, -0.2) is 27.3 Å². The van der Waals surface area contributed by atoms with Gasteiger partial charge in [-0.2, -0.15) is 30.0 Å². The predicted molar refractivity (Wildman–Crippen MR) is 65.4 cm³/mol. The number of nitrogens with zero attached hydrogens (tertiary/aromatic N) is 2. The van der Waals surface area contributed by atoms with Gasteiger partial charge in [0, 0.05) is 37.1 Å². The van der Waals surface area contributed by atoms with Crippen LogP contribution >= 0.6 is 11.8 Å². The molecule has 2 rings (SSSR count). The molecule has 1 fully saturated rings. The Hall–Kier alpha value is -0.690. The Bertz CT molecular complexity index is 397. The van der Waals surface area contributed by atoms with Crippen molar-refractivity contribution in [3.05, 3.63) is 17.5 Å². The molecule has 0 amide bonds. The van der Waals surface area contributed by atoms with Crippen LogP contribution < -0.4 is 5.32 Å². The molecule has 7 heteroatoms. The SMILES string of the molecule is Cn1cc(CNC2CCCSC2)c(C(F)(F)F)n1. The maximum atomic E-state index is 12.7. The Labute approximate surface area is 108 Å². The third-order valence-electron chi connectivity index (χ3n) is 2.91. The van der Waals surface area contributed by atoms with E-state index in [-0.39, 0.29) is 12.1 Å². The van der Waals surface area contributed by atoms with E-state index < -0.39 is 11.9 Å². The number of hydrogen-bond acceptors (Lipinski definition) is 3. The zero-order valence-electron chi connectivity index (χ0n) is 10.1. The second-order valence-corrected chi connectivity index (χ2v) is 5.62. The number of alkyl halides is 3. The first-order valence-electron chi connectivity index (χ1n) is 5.87. The van der Waals surface area contributed by atoms with Gasteiger partial charge in [-0.05, 0) is 18.6 Å². The third kappa shape index (κ3) is 3.41. The highest BCUT2D eigenvalue weighted by atomic mass is 32.2. The Morgan fingerprint density at radius 2 is 2.33 bits per heavy atom. The van der Waals surface area contributed by atoms with Crippen LogP contribution in [-0.2, 0) is 19.8 Å². The second kappa shape index (κ2) is 5.52. The quantitative estimate of drug-likeness (QED) is 0.921. The van der Waals surface area contributed by atoms with Crippen LogP contribution in [0.5, 0.6) is 0 Å². The molecule has 0 aromatic carbocycles. The Kier molecular flexibility index (Phi) is 4.21. The van der Waals surface area contributed by atoms with E-state index in [2.05, 4.69) is 10.4 Å². The molecule has 102 valence electrons. The largest absolute Gasteiger partial charge is 0.435 e. The maximum absolute atomic E-state index is 12.7. The Morgan fingerprint density at radius 1 is 1.56 bits per heavy atom. The first-order chi connectivity index (χ1) is 8.47. The molecule has 0 aliphatic carbocycles. The van der Waals surface area contributed by atoms with Gasteiger partial charge >= 0.3 is 6.18 Å². The van der Waals surface area contributed by atoms with Gasteiger partial charge in [0.05, 0.1) is 0 Å². The molecule has 1 aliphatic heterocycles. The van der Waals surface area contributed by atoms with Crippen LogP contribution in [0.15, 0.2) is 6.20 Å². The molecule has 1 aliphatic rings. The van der Waals surface area contributed by atoms with Crippen molar-refractivity contribution < 1.29 is 13.2 Å². The zero-order chi connectivity index (χ0) is 13.2. The average molecular weight is 279 g/mol. The number of halogens is 3. The van der Waals surface area contributed by atoms with Crippen molar-refractivity contribution in [2.24, 2.45) is 7.05 Å². The van der Waals surface area contributed by atoms with Crippen molar-refractivity contribution >= 4 is 11.8 Å². The van der Waals surface area contributed by atoms with E-state index in [1.54, 1.807) is 0 Å². The van der Waals surface area contributed by atoms with Gasteiger partial charge < -0.3 is 5.32 Å². The van der Waals surface area contributed by atoms with Crippen LogP contribution in [0, 0.1) is 0 Å². The van der Waals surface area contributed by atoms with Crippen molar-refractivity contribution in [2.75, 3.05) is 11.5 Å². The summed E-state index contributed by atoms with van der Waals surface area (Å²) in [6.45, 7) is 0.230. The minimum Gasteiger partial charge on any atom is -0.309 e. The van der Waals surface area contributed by atoms with Gasteiger partial charge in [0.2, 0.25) is 0 Å². The molecule has 1 aromatic rings. The van der Waals surface area contributed by atoms with Gasteiger partial charge in [-0.25, -0.2) is 0 Å². The second-order valence-electron chi connectivity index (χ2n) is 4.47. The first kappa shape index (κ1) is 13.7. The van der Waals surface area contributed by atoms with Crippen LogP contribution in [0.3, 0.4) is 0 Å². The summed E-state index contributed by atoms with van der Waals surface area (Å²) in [5, 5.41) is 6.68. The van der Waals surface area contributed by atoms with Gasteiger partial charge in [0.25, 0.3) is 0 Å². The summed E-state index contributed by atoms with van der Waals surface area (Å²) in [6.07, 6.45) is -0.776. The highest BCUT2D eigenvalue weighted by Crippen LogP contribution is 2.30. The molecule has 18 heavy (non-hydrogen) atoms. The molecule has 0 spiro atoms. The fraction of sp³-hybridized carbons (Fsp3) is 0.727. The van der Waals surface area contributed by atoms with E-state index in [1.807, 2.05) is 11.8 Å². The zero-order valence-corrected chi connectivity index (χ0v) is 10.9. The van der Waals surface area contributed by atoms with E-state index >= 15 is 0 Å². The van der Waals surface area contributed by atoms with Crippen molar-refractivity contribution in [1.29, 1.82) is 0 Å². The smallest absolute Gasteiger partial charge is 0.309 e. The molecule has 3 nitrogen and oxygen atoms in total. The normalized spacial score (nSPS) is 21.2. The van der Waals surface area contributed by atoms with Gasteiger partial charge in [0.1, 0.15) is 0 Å². The molecule has 0 bridgehead atoms. The van der Waals surface area contributed by atoms with Gasteiger partial charge in [-0.15, -0.1) is 0 Å². The minimum atomic E-state index is -4.38. The molecule has 0 radical (unpaired) electrons. The lowest BCUT2D eigenvalue weighted by Crippen LogP contribution is -2.33. The fourth-order valence-corrected chi connectivity index (χ4v) is 3.17. The maximum Gasteiger partial charge on any atom is 0.435 e. The topological polar surface area (TPSA) is 29.9 Å².